The maximum Gasteiger partial charge on any atom is 0.253 e. The first-order chi connectivity index (χ1) is 23.9. The van der Waals surface area contributed by atoms with Crippen molar-refractivity contribution in [1.82, 2.24) is 20.4 Å². The first kappa shape index (κ1) is 37.6. The lowest BCUT2D eigenvalue weighted by Crippen LogP contribution is -2.50. The number of anilines is 2. The normalized spacial score (nSPS) is 19.6. The molecule has 2 atom stereocenters. The Balaban J connectivity index is 1.13. The number of likely N-dealkylation sites (tertiary alicyclic amines) is 2. The third-order valence-electron chi connectivity index (χ3n) is 9.96. The standard InChI is InChI=1S/C37H48Cl2N6O5/c1-22(2)40-34(47)28-20-26(11-13-30(28)38)42-33(46)23(3)44-18-15-24(16-19-44)37(50)45-17-7-10-32(45)36(49)43-27-12-14-31(39)29(21-27)35(48)41-25-8-5-4-6-9-25/h11-14,20-25,32H,4-10,15-19H2,1-3H3,(H,40,47)(H,41,48)(H,42,46)(H,43,49). The third kappa shape index (κ3) is 9.35. The van der Waals surface area contributed by atoms with E-state index >= 15 is 0 Å². The van der Waals surface area contributed by atoms with Gasteiger partial charge in [0.25, 0.3) is 11.8 Å². The van der Waals surface area contributed by atoms with Gasteiger partial charge in [0.2, 0.25) is 17.7 Å². The number of nitrogens with one attached hydrogen (secondary N) is 4. The zero-order chi connectivity index (χ0) is 35.9. The molecule has 2 heterocycles. The van der Waals surface area contributed by atoms with Crippen LogP contribution in [0, 0.1) is 5.92 Å². The molecule has 3 fully saturated rings. The Labute approximate surface area is 304 Å². The van der Waals surface area contributed by atoms with E-state index in [9.17, 15) is 24.0 Å². The van der Waals surface area contributed by atoms with Crippen molar-refractivity contribution < 1.29 is 24.0 Å². The molecule has 5 rings (SSSR count). The topological polar surface area (TPSA) is 140 Å². The monoisotopic (exact) mass is 726 g/mol. The fourth-order valence-corrected chi connectivity index (χ4v) is 7.52. The van der Waals surface area contributed by atoms with Crippen LogP contribution in [0.25, 0.3) is 0 Å². The lowest BCUT2D eigenvalue weighted by Gasteiger charge is -2.36. The zero-order valence-electron chi connectivity index (χ0n) is 29.0. The molecule has 0 aromatic heterocycles. The van der Waals surface area contributed by atoms with Crippen molar-refractivity contribution in [3.63, 3.8) is 0 Å². The number of carbonyl (C=O) groups is 5. The molecule has 2 saturated heterocycles. The quantitative estimate of drug-likeness (QED) is 0.242. The Bertz CT molecular complexity index is 1590. The first-order valence-corrected chi connectivity index (χ1v) is 18.5. The summed E-state index contributed by atoms with van der Waals surface area (Å²) < 4.78 is 0. The molecule has 5 amide bonds. The van der Waals surface area contributed by atoms with E-state index in [0.29, 0.717) is 65.9 Å². The van der Waals surface area contributed by atoms with E-state index < -0.39 is 12.1 Å². The lowest BCUT2D eigenvalue weighted by molar-refractivity contribution is -0.141. The van der Waals surface area contributed by atoms with Gasteiger partial charge in [-0.1, -0.05) is 42.5 Å². The van der Waals surface area contributed by atoms with E-state index in [0.717, 1.165) is 32.1 Å². The van der Waals surface area contributed by atoms with Gasteiger partial charge in [-0.3, -0.25) is 28.9 Å². The van der Waals surface area contributed by atoms with Crippen LogP contribution in [0.1, 0.15) is 99.3 Å². The van der Waals surface area contributed by atoms with Crippen molar-refractivity contribution in [3.8, 4) is 0 Å². The van der Waals surface area contributed by atoms with E-state index in [-0.39, 0.29) is 53.1 Å². The van der Waals surface area contributed by atoms with Crippen LogP contribution in [-0.2, 0) is 14.4 Å². The van der Waals surface area contributed by atoms with Crippen LogP contribution in [-0.4, -0.2) is 83.1 Å². The molecule has 1 aliphatic carbocycles. The van der Waals surface area contributed by atoms with Crippen LogP contribution in [0.4, 0.5) is 11.4 Å². The number of halogens is 2. The van der Waals surface area contributed by atoms with Crippen LogP contribution in [0.15, 0.2) is 36.4 Å². The van der Waals surface area contributed by atoms with Crippen molar-refractivity contribution >= 4 is 64.1 Å². The van der Waals surface area contributed by atoms with E-state index in [1.54, 1.807) is 41.3 Å². The largest absolute Gasteiger partial charge is 0.350 e. The van der Waals surface area contributed by atoms with Gasteiger partial charge in [0.1, 0.15) is 6.04 Å². The van der Waals surface area contributed by atoms with Crippen molar-refractivity contribution in [2.24, 2.45) is 5.92 Å². The minimum absolute atomic E-state index is 0.0450. The summed E-state index contributed by atoms with van der Waals surface area (Å²) in [5.74, 6) is -1.37. The van der Waals surface area contributed by atoms with Crippen LogP contribution in [0.3, 0.4) is 0 Å². The van der Waals surface area contributed by atoms with Gasteiger partial charge in [-0.2, -0.15) is 0 Å². The van der Waals surface area contributed by atoms with Crippen molar-refractivity contribution in [1.29, 1.82) is 0 Å². The molecule has 4 N–H and O–H groups in total. The molecular formula is C37H48Cl2N6O5. The fraction of sp³-hybridized carbons (Fsp3) is 0.541. The lowest BCUT2D eigenvalue weighted by atomic mass is 9.94. The van der Waals surface area contributed by atoms with Crippen LogP contribution >= 0.6 is 23.2 Å². The summed E-state index contributed by atoms with van der Waals surface area (Å²) in [6.07, 6.45) is 7.68. The number of hydrogen-bond acceptors (Lipinski definition) is 6. The van der Waals surface area contributed by atoms with E-state index in [2.05, 4.69) is 21.3 Å². The number of benzene rings is 2. The zero-order valence-corrected chi connectivity index (χ0v) is 30.5. The Morgan fingerprint density at radius 1 is 0.720 bits per heavy atom. The molecule has 0 spiro atoms. The van der Waals surface area contributed by atoms with Gasteiger partial charge in [-0.25, -0.2) is 0 Å². The highest BCUT2D eigenvalue weighted by molar-refractivity contribution is 6.34. The molecular weight excluding hydrogens is 679 g/mol. The Morgan fingerprint density at radius 2 is 1.32 bits per heavy atom. The number of amides is 5. The van der Waals surface area contributed by atoms with Crippen molar-refractivity contribution in [2.75, 3.05) is 30.3 Å². The average Bonchev–Trinajstić information content (AvgIpc) is 3.60. The number of piperidine rings is 1. The summed E-state index contributed by atoms with van der Waals surface area (Å²) in [6, 6.07) is 8.69. The molecule has 0 bridgehead atoms. The number of hydrogen-bond donors (Lipinski definition) is 4. The molecule has 2 aliphatic heterocycles. The molecule has 50 heavy (non-hydrogen) atoms. The van der Waals surface area contributed by atoms with Gasteiger partial charge < -0.3 is 26.2 Å². The maximum absolute atomic E-state index is 13.7. The summed E-state index contributed by atoms with van der Waals surface area (Å²) >= 11 is 12.6. The number of nitrogens with zero attached hydrogens (tertiary/aromatic N) is 2. The Hall–Kier alpha value is -3.67. The van der Waals surface area contributed by atoms with Crippen molar-refractivity contribution in [3.05, 3.63) is 57.6 Å². The van der Waals surface area contributed by atoms with Gasteiger partial charge in [-0.15, -0.1) is 0 Å². The van der Waals surface area contributed by atoms with Crippen LogP contribution < -0.4 is 21.3 Å². The first-order valence-electron chi connectivity index (χ1n) is 17.8. The van der Waals surface area contributed by atoms with Gasteiger partial charge >= 0.3 is 0 Å². The average molecular weight is 728 g/mol. The van der Waals surface area contributed by atoms with Crippen LogP contribution in [0.5, 0.6) is 0 Å². The molecule has 2 aromatic rings. The predicted octanol–water partition coefficient (Wildman–Crippen LogP) is 5.86. The SMILES string of the molecule is CC(C)NC(=O)c1cc(NC(=O)C(C)N2CCC(C(=O)N3CCCC3C(=O)Nc3ccc(Cl)c(C(=O)NC4CCCCC4)c3)CC2)ccc1Cl. The number of rotatable bonds is 10. The van der Waals surface area contributed by atoms with Crippen molar-refractivity contribution in [2.45, 2.75) is 103 Å². The van der Waals surface area contributed by atoms with E-state index in [1.165, 1.54) is 6.42 Å². The second-order valence-electron chi connectivity index (χ2n) is 14.0. The summed E-state index contributed by atoms with van der Waals surface area (Å²) in [6.45, 7) is 7.14. The van der Waals surface area contributed by atoms with Crippen LogP contribution in [0.2, 0.25) is 10.0 Å². The fourth-order valence-electron chi connectivity index (χ4n) is 7.11. The molecule has 0 radical (unpaired) electrons. The predicted molar refractivity (Wildman–Crippen MR) is 196 cm³/mol. The molecule has 13 heteroatoms. The van der Waals surface area contributed by atoms with Gasteiger partial charge in [0, 0.05) is 35.9 Å². The molecule has 1 saturated carbocycles. The molecule has 270 valence electrons. The smallest absolute Gasteiger partial charge is 0.253 e. The van der Waals surface area contributed by atoms with E-state index in [1.807, 2.05) is 25.7 Å². The molecule has 3 aliphatic rings. The van der Waals surface area contributed by atoms with Gasteiger partial charge in [-0.05, 0) is 109 Å². The summed E-state index contributed by atoms with van der Waals surface area (Å²) in [7, 11) is 0. The summed E-state index contributed by atoms with van der Waals surface area (Å²) in [5.41, 5.74) is 1.54. The Kier molecular flexibility index (Phi) is 12.8. The molecule has 11 nitrogen and oxygen atoms in total. The molecule has 2 unspecified atom stereocenters. The molecule has 2 aromatic carbocycles. The number of carbonyl (C=O) groups excluding carboxylic acids is 5. The van der Waals surface area contributed by atoms with Gasteiger partial charge in [0.05, 0.1) is 27.2 Å². The summed E-state index contributed by atoms with van der Waals surface area (Å²) in [5, 5.41) is 12.3. The highest BCUT2D eigenvalue weighted by Gasteiger charge is 2.39. The highest BCUT2D eigenvalue weighted by Crippen LogP contribution is 2.29. The van der Waals surface area contributed by atoms with Gasteiger partial charge in [0.15, 0.2) is 0 Å². The second kappa shape index (κ2) is 17.0. The maximum atomic E-state index is 13.7. The minimum atomic E-state index is -0.604. The Morgan fingerprint density at radius 3 is 1.94 bits per heavy atom. The highest BCUT2D eigenvalue weighted by atomic mass is 35.5. The minimum Gasteiger partial charge on any atom is -0.350 e. The van der Waals surface area contributed by atoms with E-state index in [4.69, 9.17) is 23.2 Å². The summed E-state index contributed by atoms with van der Waals surface area (Å²) in [4.78, 5) is 69.6. The second-order valence-corrected chi connectivity index (χ2v) is 14.8. The third-order valence-corrected chi connectivity index (χ3v) is 10.6.